The van der Waals surface area contributed by atoms with E-state index in [1.807, 2.05) is 0 Å². The van der Waals surface area contributed by atoms with Crippen molar-refractivity contribution >= 4 is 10.4 Å². The maximum absolute atomic E-state index is 8.74. The third-order valence-corrected chi connectivity index (χ3v) is 5.49. The van der Waals surface area contributed by atoms with E-state index >= 15 is 0 Å². The minimum atomic E-state index is -4.67. The van der Waals surface area contributed by atoms with Crippen LogP contribution in [0.2, 0.25) is 0 Å². The third-order valence-electron chi connectivity index (χ3n) is 5.49. The molecule has 0 saturated carbocycles. The first-order chi connectivity index (χ1) is 15.9. The van der Waals surface area contributed by atoms with Crippen molar-refractivity contribution in [1.82, 2.24) is 6.15 Å². The van der Waals surface area contributed by atoms with Crippen LogP contribution in [0.15, 0.2) is 0 Å². The van der Waals surface area contributed by atoms with Gasteiger partial charge in [-0.25, -0.2) is 0 Å². The average molecular weight is 514 g/mol. The van der Waals surface area contributed by atoms with Gasteiger partial charge >= 0.3 is 10.4 Å². The van der Waals surface area contributed by atoms with E-state index in [-0.39, 0.29) is 6.15 Å². The molecule has 1 fully saturated rings. The minimum absolute atomic E-state index is 0. The molecule has 0 amide bonds. The summed E-state index contributed by atoms with van der Waals surface area (Å²) in [6.07, 6.45) is 28.2. The van der Waals surface area contributed by atoms with Crippen LogP contribution < -0.4 is 6.15 Å². The lowest BCUT2D eigenvalue weighted by molar-refractivity contribution is 0.125. The van der Waals surface area contributed by atoms with Crippen molar-refractivity contribution in [3.63, 3.8) is 0 Å². The van der Waals surface area contributed by atoms with Crippen LogP contribution in [-0.2, 0) is 19.9 Å². The Kier molecular flexibility index (Phi) is 36.9. The van der Waals surface area contributed by atoms with Crippen molar-refractivity contribution < 1.29 is 27.0 Å². The highest BCUT2D eigenvalue weighted by atomic mass is 32.3. The van der Waals surface area contributed by atoms with Crippen LogP contribution in [0.25, 0.3) is 0 Å². The van der Waals surface area contributed by atoms with E-state index in [1.54, 1.807) is 0 Å². The Hall–Kier alpha value is -0.250. The van der Waals surface area contributed by atoms with Gasteiger partial charge in [0.05, 0.1) is 13.2 Å². The summed E-state index contributed by atoms with van der Waals surface area (Å²) in [6, 6.07) is 0. The Morgan fingerprint density at radius 3 is 0.971 bits per heavy atom. The molecule has 1 rings (SSSR count). The lowest BCUT2D eigenvalue weighted by Gasteiger charge is -2.05. The molecule has 0 aromatic rings. The van der Waals surface area contributed by atoms with E-state index in [4.69, 9.17) is 22.3 Å². The van der Waals surface area contributed by atoms with Crippen molar-refractivity contribution in [3.8, 4) is 0 Å². The van der Waals surface area contributed by atoms with Gasteiger partial charge in [0, 0.05) is 13.2 Å². The van der Waals surface area contributed by atoms with Gasteiger partial charge in [-0.1, -0.05) is 129 Å². The molecule has 1 aliphatic rings. The molecule has 0 atom stereocenters. The predicted octanol–water partition coefficient (Wildman–Crippen LogP) is 8.37. The van der Waals surface area contributed by atoms with Gasteiger partial charge in [-0.3, -0.25) is 9.11 Å². The number of epoxide rings is 1. The Balaban J connectivity index is -0.000000899. The van der Waals surface area contributed by atoms with Gasteiger partial charge in [0.25, 0.3) is 0 Å². The van der Waals surface area contributed by atoms with Crippen LogP contribution in [0, 0.1) is 0 Å². The summed E-state index contributed by atoms with van der Waals surface area (Å²) in [4.78, 5) is 0. The average Bonchev–Trinajstić information content (AvgIpc) is 3.63. The number of rotatable bonds is 22. The topological polar surface area (TPSA) is 131 Å². The molecule has 210 valence electrons. The molecule has 0 radical (unpaired) electrons. The number of ether oxygens (including phenoxy) is 2. The summed E-state index contributed by atoms with van der Waals surface area (Å²) in [5, 5.41) is 0. The summed E-state index contributed by atoms with van der Waals surface area (Å²) < 4.78 is 41.9. The summed E-state index contributed by atoms with van der Waals surface area (Å²) in [5.41, 5.74) is 0. The highest BCUT2D eigenvalue weighted by Crippen LogP contribution is 2.12. The van der Waals surface area contributed by atoms with Crippen LogP contribution in [0.5, 0.6) is 0 Å². The fourth-order valence-electron chi connectivity index (χ4n) is 3.49. The van der Waals surface area contributed by atoms with Crippen LogP contribution in [0.1, 0.15) is 142 Å². The molecule has 0 aliphatic carbocycles. The largest absolute Gasteiger partial charge is 0.394 e. The van der Waals surface area contributed by atoms with E-state index in [0.717, 1.165) is 26.4 Å². The van der Waals surface area contributed by atoms with E-state index in [0.29, 0.717) is 0 Å². The Morgan fingerprint density at radius 1 is 0.559 bits per heavy atom. The van der Waals surface area contributed by atoms with Crippen LogP contribution >= 0.6 is 0 Å². The SMILES string of the molecule is C1CO1.CCCCCCCCCCCCOCCCCCCCCCCCC.N.O=S(=O)(O)O. The first kappa shape index (κ1) is 38.3. The molecular weight excluding hydrogens is 454 g/mol. The predicted molar refractivity (Wildman–Crippen MR) is 145 cm³/mol. The molecular formula is C26H59NO6S. The monoisotopic (exact) mass is 513 g/mol. The van der Waals surface area contributed by atoms with Gasteiger partial charge < -0.3 is 15.6 Å². The quantitative estimate of drug-likeness (QED) is 0.0752. The maximum Gasteiger partial charge on any atom is 0.394 e. The van der Waals surface area contributed by atoms with Gasteiger partial charge in [-0.2, -0.15) is 8.42 Å². The van der Waals surface area contributed by atoms with Gasteiger partial charge in [0.1, 0.15) is 0 Å². The molecule has 0 aromatic carbocycles. The third kappa shape index (κ3) is 58.0. The molecule has 8 heteroatoms. The Bertz CT molecular complexity index is 414. The molecule has 1 aliphatic heterocycles. The Morgan fingerprint density at radius 2 is 0.765 bits per heavy atom. The van der Waals surface area contributed by atoms with Gasteiger partial charge in [-0.15, -0.1) is 0 Å². The summed E-state index contributed by atoms with van der Waals surface area (Å²) in [6.45, 7) is 8.57. The highest BCUT2D eigenvalue weighted by Gasteiger charge is 1.95. The minimum Gasteiger partial charge on any atom is -0.381 e. The zero-order chi connectivity index (χ0) is 24.9. The number of hydrogen-bond donors (Lipinski definition) is 3. The van der Waals surface area contributed by atoms with Crippen LogP contribution in [-0.4, -0.2) is 44.0 Å². The second-order valence-corrected chi connectivity index (χ2v) is 9.93. The van der Waals surface area contributed by atoms with Crippen LogP contribution in [0.4, 0.5) is 0 Å². The first-order valence-electron chi connectivity index (χ1n) is 13.8. The Labute approximate surface area is 212 Å². The van der Waals surface area contributed by atoms with Gasteiger partial charge in [-0.05, 0) is 12.8 Å². The van der Waals surface area contributed by atoms with Crippen molar-refractivity contribution in [2.75, 3.05) is 26.4 Å². The molecule has 7 nitrogen and oxygen atoms in total. The molecule has 0 aromatic heterocycles. The van der Waals surface area contributed by atoms with Crippen molar-refractivity contribution in [2.45, 2.75) is 142 Å². The standard InChI is InChI=1S/C24H50O.C2H4O.H3N.H2O4S/c1-3-5-7-9-11-13-15-17-19-21-23-25-24-22-20-18-16-14-12-10-8-6-4-2;1-2-3-1;;1-5(2,3)4/h3-24H2,1-2H3;1-2H2;1H3;(H2,1,2,3,4). The molecule has 1 heterocycles. The molecule has 34 heavy (non-hydrogen) atoms. The normalized spacial score (nSPS) is 12.1. The summed E-state index contributed by atoms with van der Waals surface area (Å²) in [7, 11) is -4.67. The van der Waals surface area contributed by atoms with Crippen LogP contribution in [0.3, 0.4) is 0 Å². The molecule has 0 bridgehead atoms. The van der Waals surface area contributed by atoms with E-state index in [2.05, 4.69) is 18.6 Å². The lowest BCUT2D eigenvalue weighted by atomic mass is 10.1. The summed E-state index contributed by atoms with van der Waals surface area (Å²) in [5.74, 6) is 0. The smallest absolute Gasteiger partial charge is 0.381 e. The molecule has 0 unspecified atom stereocenters. The molecule has 0 spiro atoms. The highest BCUT2D eigenvalue weighted by molar-refractivity contribution is 7.79. The van der Waals surface area contributed by atoms with E-state index in [1.165, 1.54) is 128 Å². The lowest BCUT2D eigenvalue weighted by Crippen LogP contribution is -1.97. The van der Waals surface area contributed by atoms with E-state index < -0.39 is 10.4 Å². The second-order valence-electron chi connectivity index (χ2n) is 9.04. The van der Waals surface area contributed by atoms with Crippen molar-refractivity contribution in [2.24, 2.45) is 0 Å². The van der Waals surface area contributed by atoms with Crippen molar-refractivity contribution in [1.29, 1.82) is 0 Å². The summed E-state index contributed by atoms with van der Waals surface area (Å²) >= 11 is 0. The molecule has 1 saturated heterocycles. The van der Waals surface area contributed by atoms with Crippen molar-refractivity contribution in [3.05, 3.63) is 0 Å². The fourth-order valence-corrected chi connectivity index (χ4v) is 3.49. The second kappa shape index (κ2) is 32.8. The zero-order valence-electron chi connectivity index (χ0n) is 22.6. The maximum atomic E-state index is 8.74. The number of unbranched alkanes of at least 4 members (excludes halogenated alkanes) is 18. The fraction of sp³-hybridized carbons (Fsp3) is 1.00. The zero-order valence-corrected chi connectivity index (χ0v) is 23.4. The van der Waals surface area contributed by atoms with Gasteiger partial charge in [0.2, 0.25) is 0 Å². The molecule has 5 N–H and O–H groups in total. The number of hydrogen-bond acceptors (Lipinski definition) is 5. The van der Waals surface area contributed by atoms with E-state index in [9.17, 15) is 0 Å². The van der Waals surface area contributed by atoms with Gasteiger partial charge in [0.15, 0.2) is 0 Å². The first-order valence-corrected chi connectivity index (χ1v) is 15.2.